The van der Waals surface area contributed by atoms with Crippen molar-refractivity contribution in [2.75, 3.05) is 70.3 Å². The molecule has 0 radical (unpaired) electrons. The Morgan fingerprint density at radius 2 is 1.86 bits per heavy atom. The molecule has 1 aromatic rings. The normalized spacial score (nSPS) is 26.0. The number of urea groups is 1. The number of anilines is 1. The van der Waals surface area contributed by atoms with Crippen LogP contribution in [0.2, 0.25) is 5.02 Å². The number of imide groups is 1. The van der Waals surface area contributed by atoms with Crippen molar-refractivity contribution in [3.8, 4) is 0 Å². The lowest BCUT2D eigenvalue weighted by Gasteiger charge is -2.49. The molecule has 196 valence electrons. The van der Waals surface area contributed by atoms with E-state index in [9.17, 15) is 23.2 Å². The molecule has 4 fully saturated rings. The van der Waals surface area contributed by atoms with Crippen molar-refractivity contribution in [3.63, 3.8) is 0 Å². The highest BCUT2D eigenvalue weighted by Crippen LogP contribution is 2.33. The lowest BCUT2D eigenvalue weighted by atomic mass is 9.91. The predicted molar refractivity (Wildman–Crippen MR) is 131 cm³/mol. The number of hydrogen-bond acceptors (Lipinski definition) is 6. The van der Waals surface area contributed by atoms with Crippen molar-refractivity contribution >= 4 is 35.1 Å². The van der Waals surface area contributed by atoms with Gasteiger partial charge >= 0.3 is 6.03 Å². The van der Waals surface area contributed by atoms with E-state index >= 15 is 0 Å². The molecule has 2 N–H and O–H groups in total. The Kier molecular flexibility index (Phi) is 7.17. The summed E-state index contributed by atoms with van der Waals surface area (Å²) in [6, 6.07) is 3.63. The summed E-state index contributed by atoms with van der Waals surface area (Å²) in [6.45, 7) is 5.43. The SMILES string of the molecule is O=C1CCN(c2cc(C(=O)N3CCN(CC4CN(C5CCNCC5(F)F)C4)CC3)ccc2Cl)C(=O)N1. The van der Waals surface area contributed by atoms with Crippen LogP contribution in [0.4, 0.5) is 19.3 Å². The van der Waals surface area contributed by atoms with Crippen LogP contribution < -0.4 is 15.5 Å². The fourth-order valence-electron chi connectivity index (χ4n) is 5.58. The van der Waals surface area contributed by atoms with Gasteiger partial charge in [0.25, 0.3) is 11.8 Å². The number of nitrogens with one attached hydrogen (secondary N) is 2. The van der Waals surface area contributed by atoms with Crippen LogP contribution in [0.3, 0.4) is 0 Å². The predicted octanol–water partition coefficient (Wildman–Crippen LogP) is 1.47. The Balaban J connectivity index is 1.12. The molecule has 0 saturated carbocycles. The number of benzene rings is 1. The molecule has 0 bridgehead atoms. The van der Waals surface area contributed by atoms with Crippen LogP contribution in [0.1, 0.15) is 23.2 Å². The fourth-order valence-corrected chi connectivity index (χ4v) is 5.80. The van der Waals surface area contributed by atoms with E-state index < -0.39 is 18.0 Å². The molecule has 4 aliphatic rings. The van der Waals surface area contributed by atoms with E-state index in [1.807, 2.05) is 4.90 Å². The second kappa shape index (κ2) is 10.2. The molecule has 4 aliphatic heterocycles. The van der Waals surface area contributed by atoms with Crippen molar-refractivity contribution in [1.82, 2.24) is 25.3 Å². The second-order valence-electron chi connectivity index (χ2n) is 10.1. The first-order chi connectivity index (χ1) is 17.2. The molecule has 4 amide bonds. The van der Waals surface area contributed by atoms with E-state index in [-0.39, 0.29) is 31.3 Å². The number of carbonyl (C=O) groups is 3. The minimum absolute atomic E-state index is 0.135. The number of piperazine rings is 1. The lowest BCUT2D eigenvalue weighted by molar-refractivity contribution is -0.126. The number of alkyl halides is 2. The third kappa shape index (κ3) is 5.20. The summed E-state index contributed by atoms with van der Waals surface area (Å²) in [6.07, 6.45) is 0.648. The van der Waals surface area contributed by atoms with Crippen LogP contribution in [0, 0.1) is 5.92 Å². The molecule has 1 unspecified atom stereocenters. The number of rotatable bonds is 5. The minimum Gasteiger partial charge on any atom is -0.336 e. The first-order valence-corrected chi connectivity index (χ1v) is 12.8. The third-order valence-electron chi connectivity index (χ3n) is 7.58. The second-order valence-corrected chi connectivity index (χ2v) is 10.5. The molecular formula is C24H31ClF2N6O3. The Labute approximate surface area is 213 Å². The van der Waals surface area contributed by atoms with Crippen LogP contribution in [0.5, 0.6) is 0 Å². The molecule has 4 saturated heterocycles. The fraction of sp³-hybridized carbons (Fsp3) is 0.625. The molecule has 1 atom stereocenters. The molecule has 1 aromatic carbocycles. The highest BCUT2D eigenvalue weighted by Gasteiger charge is 2.48. The van der Waals surface area contributed by atoms with Gasteiger partial charge in [-0.1, -0.05) is 11.6 Å². The Morgan fingerprint density at radius 3 is 2.56 bits per heavy atom. The molecule has 4 heterocycles. The summed E-state index contributed by atoms with van der Waals surface area (Å²) < 4.78 is 28.4. The Hall–Kier alpha value is -2.34. The zero-order chi connectivity index (χ0) is 25.4. The number of hydrogen-bond donors (Lipinski definition) is 2. The summed E-state index contributed by atoms with van der Waals surface area (Å²) in [5, 5.41) is 5.38. The maximum absolute atomic E-state index is 14.2. The zero-order valence-corrected chi connectivity index (χ0v) is 20.8. The summed E-state index contributed by atoms with van der Waals surface area (Å²) >= 11 is 6.30. The minimum atomic E-state index is -2.67. The Bertz CT molecular complexity index is 1030. The van der Waals surface area contributed by atoms with Crippen molar-refractivity contribution in [2.45, 2.75) is 24.8 Å². The van der Waals surface area contributed by atoms with Gasteiger partial charge in [-0.3, -0.25) is 29.6 Å². The first-order valence-electron chi connectivity index (χ1n) is 12.5. The van der Waals surface area contributed by atoms with Crippen LogP contribution in [0.25, 0.3) is 0 Å². The molecular weight excluding hydrogens is 494 g/mol. The summed E-state index contributed by atoms with van der Waals surface area (Å²) in [4.78, 5) is 44.2. The van der Waals surface area contributed by atoms with Gasteiger partial charge in [0.2, 0.25) is 5.91 Å². The van der Waals surface area contributed by atoms with Gasteiger partial charge in [0.05, 0.1) is 23.3 Å². The number of piperidine rings is 1. The maximum Gasteiger partial charge on any atom is 0.328 e. The number of amides is 4. The largest absolute Gasteiger partial charge is 0.336 e. The maximum atomic E-state index is 14.2. The average molecular weight is 525 g/mol. The van der Waals surface area contributed by atoms with E-state index in [0.29, 0.717) is 61.3 Å². The smallest absolute Gasteiger partial charge is 0.328 e. The molecule has 0 aromatic heterocycles. The van der Waals surface area contributed by atoms with Crippen molar-refractivity contribution in [3.05, 3.63) is 28.8 Å². The van der Waals surface area contributed by atoms with Gasteiger partial charge in [0.1, 0.15) is 0 Å². The third-order valence-corrected chi connectivity index (χ3v) is 7.90. The molecule has 12 heteroatoms. The van der Waals surface area contributed by atoms with E-state index in [1.54, 1.807) is 23.1 Å². The number of nitrogens with zero attached hydrogens (tertiary/aromatic N) is 4. The van der Waals surface area contributed by atoms with Gasteiger partial charge in [0.15, 0.2) is 0 Å². The average Bonchev–Trinajstić information content (AvgIpc) is 2.82. The zero-order valence-electron chi connectivity index (χ0n) is 20.0. The molecule has 36 heavy (non-hydrogen) atoms. The van der Waals surface area contributed by atoms with Gasteiger partial charge in [-0.15, -0.1) is 0 Å². The van der Waals surface area contributed by atoms with Crippen LogP contribution in [0.15, 0.2) is 18.2 Å². The van der Waals surface area contributed by atoms with Crippen LogP contribution in [-0.4, -0.2) is 110 Å². The van der Waals surface area contributed by atoms with Gasteiger partial charge in [0, 0.05) is 64.3 Å². The number of halogens is 3. The molecule has 0 spiro atoms. The van der Waals surface area contributed by atoms with Crippen molar-refractivity contribution in [1.29, 1.82) is 0 Å². The monoisotopic (exact) mass is 524 g/mol. The molecule has 0 aliphatic carbocycles. The van der Waals surface area contributed by atoms with E-state index in [2.05, 4.69) is 15.5 Å². The summed E-state index contributed by atoms with van der Waals surface area (Å²) in [7, 11) is 0. The highest BCUT2D eigenvalue weighted by atomic mass is 35.5. The summed E-state index contributed by atoms with van der Waals surface area (Å²) in [5.41, 5.74) is 0.838. The van der Waals surface area contributed by atoms with Gasteiger partial charge in [-0.25, -0.2) is 13.6 Å². The first kappa shape index (κ1) is 25.3. The molecule has 9 nitrogen and oxygen atoms in total. The van der Waals surface area contributed by atoms with Crippen LogP contribution in [-0.2, 0) is 4.79 Å². The van der Waals surface area contributed by atoms with Crippen LogP contribution >= 0.6 is 11.6 Å². The lowest BCUT2D eigenvalue weighted by Crippen LogP contribution is -2.64. The van der Waals surface area contributed by atoms with Crippen molar-refractivity contribution in [2.24, 2.45) is 5.92 Å². The van der Waals surface area contributed by atoms with Gasteiger partial charge < -0.3 is 10.2 Å². The highest BCUT2D eigenvalue weighted by molar-refractivity contribution is 6.34. The van der Waals surface area contributed by atoms with Gasteiger partial charge in [-0.05, 0) is 37.1 Å². The summed E-state index contributed by atoms with van der Waals surface area (Å²) in [5.74, 6) is -2.77. The molecule has 5 rings (SSSR count). The standard InChI is InChI=1S/C24H31ClF2N6O3/c25-18-2-1-17(11-19(18)33-6-4-21(34)29-23(33)36)22(35)31-9-7-30(8-10-31)12-16-13-32(14-16)20-3-5-28-15-24(20,26)27/h1-2,11,16,20,28H,3-10,12-15H2,(H,29,34,36). The van der Waals surface area contributed by atoms with Gasteiger partial charge in [-0.2, -0.15) is 0 Å². The number of carbonyl (C=O) groups excluding carboxylic acids is 3. The quantitative estimate of drug-likeness (QED) is 0.606. The van der Waals surface area contributed by atoms with E-state index in [0.717, 1.165) is 19.6 Å². The van der Waals surface area contributed by atoms with E-state index in [4.69, 9.17) is 11.6 Å². The topological polar surface area (TPSA) is 88.2 Å². The number of likely N-dealkylation sites (tertiary alicyclic amines) is 1. The Morgan fingerprint density at radius 1 is 1.11 bits per heavy atom. The van der Waals surface area contributed by atoms with E-state index in [1.165, 1.54) is 4.90 Å². The van der Waals surface area contributed by atoms with Crippen molar-refractivity contribution < 1.29 is 23.2 Å².